The highest BCUT2D eigenvalue weighted by Gasteiger charge is 2.26. The first kappa shape index (κ1) is 14.4. The second-order valence-corrected chi connectivity index (χ2v) is 5.13. The Morgan fingerprint density at radius 3 is 2.35 bits per heavy atom. The molecule has 1 aromatic heterocycles. The second-order valence-electron chi connectivity index (χ2n) is 5.13. The van der Waals surface area contributed by atoms with Crippen molar-refractivity contribution in [3.05, 3.63) is 29.8 Å². The number of aromatic nitrogens is 1. The number of carbonyl (C=O) groups excluding carboxylic acids is 2. The van der Waals surface area contributed by atoms with E-state index >= 15 is 0 Å². The van der Waals surface area contributed by atoms with E-state index in [1.165, 1.54) is 12.3 Å². The first-order chi connectivity index (χ1) is 9.50. The number of amides is 2. The van der Waals surface area contributed by atoms with Crippen LogP contribution in [-0.4, -0.2) is 52.8 Å². The molecule has 108 valence electrons. The highest BCUT2D eigenvalue weighted by atomic mass is 19.1. The van der Waals surface area contributed by atoms with Crippen molar-refractivity contribution in [2.24, 2.45) is 5.92 Å². The number of hydrogen-bond acceptors (Lipinski definition) is 3. The summed E-state index contributed by atoms with van der Waals surface area (Å²) in [4.78, 5) is 31.0. The Kier molecular flexibility index (Phi) is 4.32. The maximum absolute atomic E-state index is 13.5. The molecule has 2 amide bonds. The number of carbonyl (C=O) groups is 2. The predicted octanol–water partition coefficient (Wildman–Crippen LogP) is 1.16. The SMILES string of the molecule is CC(C)C(=O)N1CCN(C(=O)c2ccncc2F)CC1. The van der Waals surface area contributed by atoms with Gasteiger partial charge in [-0.15, -0.1) is 0 Å². The zero-order valence-electron chi connectivity index (χ0n) is 11.7. The Morgan fingerprint density at radius 2 is 1.80 bits per heavy atom. The molecule has 0 N–H and O–H groups in total. The van der Waals surface area contributed by atoms with E-state index in [1.54, 1.807) is 9.80 Å². The van der Waals surface area contributed by atoms with E-state index < -0.39 is 5.82 Å². The van der Waals surface area contributed by atoms with E-state index in [-0.39, 0.29) is 23.3 Å². The van der Waals surface area contributed by atoms with Crippen LogP contribution in [0, 0.1) is 11.7 Å². The van der Waals surface area contributed by atoms with Crippen LogP contribution in [0.1, 0.15) is 24.2 Å². The maximum atomic E-state index is 13.5. The Bertz CT molecular complexity index is 511. The summed E-state index contributed by atoms with van der Waals surface area (Å²) >= 11 is 0. The molecule has 1 aromatic rings. The topological polar surface area (TPSA) is 53.5 Å². The van der Waals surface area contributed by atoms with Gasteiger partial charge in [-0.3, -0.25) is 14.6 Å². The van der Waals surface area contributed by atoms with Crippen LogP contribution in [0.2, 0.25) is 0 Å². The van der Waals surface area contributed by atoms with Crippen LogP contribution in [0.25, 0.3) is 0 Å². The molecule has 0 bridgehead atoms. The van der Waals surface area contributed by atoms with Gasteiger partial charge in [-0.25, -0.2) is 4.39 Å². The highest BCUT2D eigenvalue weighted by molar-refractivity contribution is 5.94. The van der Waals surface area contributed by atoms with Crippen molar-refractivity contribution >= 4 is 11.8 Å². The number of rotatable bonds is 2. The summed E-state index contributed by atoms with van der Waals surface area (Å²) in [5, 5.41) is 0. The summed E-state index contributed by atoms with van der Waals surface area (Å²) in [5.74, 6) is -0.915. The van der Waals surface area contributed by atoms with Crippen LogP contribution in [0.15, 0.2) is 18.5 Å². The molecule has 6 heteroatoms. The Hall–Kier alpha value is -1.98. The van der Waals surface area contributed by atoms with Crippen LogP contribution in [0.4, 0.5) is 4.39 Å². The molecule has 2 heterocycles. The van der Waals surface area contributed by atoms with Gasteiger partial charge < -0.3 is 9.80 Å². The molecule has 0 unspecified atom stereocenters. The lowest BCUT2D eigenvalue weighted by Crippen LogP contribution is -2.51. The van der Waals surface area contributed by atoms with Gasteiger partial charge >= 0.3 is 0 Å². The number of pyridine rings is 1. The van der Waals surface area contributed by atoms with Crippen molar-refractivity contribution in [1.29, 1.82) is 0 Å². The van der Waals surface area contributed by atoms with Crippen LogP contribution in [0.3, 0.4) is 0 Å². The Balaban J connectivity index is 1.99. The number of hydrogen-bond donors (Lipinski definition) is 0. The largest absolute Gasteiger partial charge is 0.339 e. The van der Waals surface area contributed by atoms with Gasteiger partial charge in [0.1, 0.15) is 0 Å². The van der Waals surface area contributed by atoms with Crippen molar-refractivity contribution < 1.29 is 14.0 Å². The van der Waals surface area contributed by atoms with E-state index in [4.69, 9.17) is 0 Å². The minimum absolute atomic E-state index is 0.0311. The number of nitrogens with zero attached hydrogens (tertiary/aromatic N) is 3. The lowest BCUT2D eigenvalue weighted by atomic mass is 10.1. The Labute approximate surface area is 117 Å². The summed E-state index contributed by atoms with van der Waals surface area (Å²) in [5.41, 5.74) is 0.0311. The van der Waals surface area contributed by atoms with Crippen LogP contribution in [0.5, 0.6) is 0 Å². The molecule has 20 heavy (non-hydrogen) atoms. The molecule has 0 saturated carbocycles. The average Bonchev–Trinajstić information content (AvgIpc) is 2.46. The average molecular weight is 279 g/mol. The van der Waals surface area contributed by atoms with Gasteiger partial charge in [0.15, 0.2) is 5.82 Å². The van der Waals surface area contributed by atoms with E-state index in [0.29, 0.717) is 26.2 Å². The van der Waals surface area contributed by atoms with E-state index in [9.17, 15) is 14.0 Å². The molecular formula is C14H18FN3O2. The van der Waals surface area contributed by atoms with E-state index in [0.717, 1.165) is 6.20 Å². The summed E-state index contributed by atoms with van der Waals surface area (Å²) in [6.07, 6.45) is 2.43. The van der Waals surface area contributed by atoms with Crippen LogP contribution in [-0.2, 0) is 4.79 Å². The van der Waals surface area contributed by atoms with Gasteiger partial charge in [0.2, 0.25) is 5.91 Å². The summed E-state index contributed by atoms with van der Waals surface area (Å²) in [6.45, 7) is 5.56. The smallest absolute Gasteiger partial charge is 0.257 e. The van der Waals surface area contributed by atoms with E-state index in [1.807, 2.05) is 13.8 Å². The fraction of sp³-hybridized carbons (Fsp3) is 0.500. The molecule has 1 saturated heterocycles. The van der Waals surface area contributed by atoms with Gasteiger partial charge in [-0.1, -0.05) is 13.8 Å². The molecule has 5 nitrogen and oxygen atoms in total. The highest BCUT2D eigenvalue weighted by Crippen LogP contribution is 2.12. The minimum atomic E-state index is -0.613. The summed E-state index contributed by atoms with van der Waals surface area (Å²) in [6, 6.07) is 1.38. The second kappa shape index (κ2) is 5.98. The normalized spacial score (nSPS) is 15.6. The van der Waals surface area contributed by atoms with Crippen molar-refractivity contribution in [3.63, 3.8) is 0 Å². The van der Waals surface area contributed by atoms with Crippen molar-refractivity contribution in [2.45, 2.75) is 13.8 Å². The van der Waals surface area contributed by atoms with Crippen molar-refractivity contribution in [2.75, 3.05) is 26.2 Å². The molecule has 2 rings (SSSR count). The lowest BCUT2D eigenvalue weighted by molar-refractivity contribution is -0.135. The third-order valence-electron chi connectivity index (χ3n) is 3.38. The summed E-state index contributed by atoms with van der Waals surface area (Å²) < 4.78 is 13.5. The van der Waals surface area contributed by atoms with Gasteiger partial charge in [-0.05, 0) is 6.07 Å². The molecule has 1 aliphatic rings. The van der Waals surface area contributed by atoms with Crippen molar-refractivity contribution in [3.8, 4) is 0 Å². The molecule has 0 aliphatic carbocycles. The molecule has 1 aliphatic heterocycles. The standard InChI is InChI=1S/C14H18FN3O2/c1-10(2)13(19)17-5-7-18(8-6-17)14(20)11-3-4-16-9-12(11)15/h3-4,9-10H,5-8H2,1-2H3. The van der Waals surface area contributed by atoms with Crippen LogP contribution < -0.4 is 0 Å². The lowest BCUT2D eigenvalue weighted by Gasteiger charge is -2.35. The molecule has 0 atom stereocenters. The third-order valence-corrected chi connectivity index (χ3v) is 3.38. The molecule has 0 aromatic carbocycles. The van der Waals surface area contributed by atoms with Crippen LogP contribution >= 0.6 is 0 Å². The number of piperazine rings is 1. The fourth-order valence-electron chi connectivity index (χ4n) is 2.21. The first-order valence-corrected chi connectivity index (χ1v) is 6.68. The third kappa shape index (κ3) is 2.95. The van der Waals surface area contributed by atoms with Gasteiger partial charge in [0.25, 0.3) is 5.91 Å². The quantitative estimate of drug-likeness (QED) is 0.816. The Morgan fingerprint density at radius 1 is 1.20 bits per heavy atom. The molecule has 1 fully saturated rings. The molecular weight excluding hydrogens is 261 g/mol. The van der Waals surface area contributed by atoms with Gasteiger partial charge in [0, 0.05) is 38.3 Å². The zero-order valence-corrected chi connectivity index (χ0v) is 11.7. The monoisotopic (exact) mass is 279 g/mol. The van der Waals surface area contributed by atoms with E-state index in [2.05, 4.69) is 4.98 Å². The summed E-state index contributed by atoms with van der Waals surface area (Å²) in [7, 11) is 0. The predicted molar refractivity (Wildman–Crippen MR) is 71.5 cm³/mol. The van der Waals surface area contributed by atoms with Gasteiger partial charge in [-0.2, -0.15) is 0 Å². The molecule has 0 radical (unpaired) electrons. The number of halogens is 1. The zero-order chi connectivity index (χ0) is 14.7. The molecule has 0 spiro atoms. The van der Waals surface area contributed by atoms with Crippen molar-refractivity contribution in [1.82, 2.24) is 14.8 Å². The maximum Gasteiger partial charge on any atom is 0.257 e. The van der Waals surface area contributed by atoms with Gasteiger partial charge in [0.05, 0.1) is 11.8 Å². The first-order valence-electron chi connectivity index (χ1n) is 6.68. The minimum Gasteiger partial charge on any atom is -0.339 e. The fourth-order valence-corrected chi connectivity index (χ4v) is 2.21.